The predicted octanol–water partition coefficient (Wildman–Crippen LogP) is 3.22. The average Bonchev–Trinajstić information content (AvgIpc) is 2.84. The van der Waals surface area contributed by atoms with Crippen molar-refractivity contribution < 1.29 is 23.8 Å². The minimum atomic E-state index is -0.512. The summed E-state index contributed by atoms with van der Waals surface area (Å²) < 4.78 is 16.2. The molecule has 1 aromatic carbocycles. The van der Waals surface area contributed by atoms with Crippen molar-refractivity contribution in [2.45, 2.75) is 38.0 Å². The van der Waals surface area contributed by atoms with Gasteiger partial charge in [0.15, 0.2) is 5.78 Å². The number of alkyl carbamates (subject to hydrolysis) is 1. The van der Waals surface area contributed by atoms with E-state index in [-0.39, 0.29) is 31.5 Å². The van der Waals surface area contributed by atoms with Crippen LogP contribution in [0.5, 0.6) is 5.88 Å². The number of aromatic nitrogens is 2. The molecule has 0 aliphatic carbocycles. The summed E-state index contributed by atoms with van der Waals surface area (Å²) in [5, 5.41) is 2.81. The monoisotopic (exact) mass is 435 g/mol. The third-order valence-corrected chi connectivity index (χ3v) is 5.39. The van der Waals surface area contributed by atoms with Gasteiger partial charge in [0.1, 0.15) is 12.7 Å². The fourth-order valence-electron chi connectivity index (χ4n) is 3.67. The molecule has 3 aromatic rings. The van der Waals surface area contributed by atoms with Crippen LogP contribution in [-0.2, 0) is 27.3 Å². The molecule has 3 heterocycles. The number of nitrogens with one attached hydrogen (secondary N) is 1. The first-order valence-electron chi connectivity index (χ1n) is 10.5. The van der Waals surface area contributed by atoms with Gasteiger partial charge in [0.2, 0.25) is 5.88 Å². The molecule has 2 aromatic heterocycles. The Morgan fingerprint density at radius 1 is 1.12 bits per heavy atom. The largest absolute Gasteiger partial charge is 0.481 e. The molecule has 4 rings (SSSR count). The van der Waals surface area contributed by atoms with Gasteiger partial charge in [0, 0.05) is 18.7 Å². The molecule has 2 atom stereocenters. The number of Topliss-reactive ketones (excluding diaryl/α,β-unsaturated/α-hetero) is 1. The first kappa shape index (κ1) is 21.7. The van der Waals surface area contributed by atoms with Gasteiger partial charge in [-0.15, -0.1) is 0 Å². The number of pyridine rings is 2. The number of ketones is 1. The number of hydrogen-bond acceptors (Lipinski definition) is 7. The minimum absolute atomic E-state index is 0.0211. The Balaban J connectivity index is 1.27. The highest BCUT2D eigenvalue weighted by Gasteiger charge is 2.28. The van der Waals surface area contributed by atoms with Gasteiger partial charge in [-0.25, -0.2) is 9.78 Å². The van der Waals surface area contributed by atoms with Gasteiger partial charge in [-0.2, -0.15) is 0 Å². The van der Waals surface area contributed by atoms with E-state index in [9.17, 15) is 9.59 Å². The van der Waals surface area contributed by atoms with E-state index in [1.54, 1.807) is 25.4 Å². The molecule has 1 N–H and O–H groups in total. The summed E-state index contributed by atoms with van der Waals surface area (Å²) in [5.41, 5.74) is 3.06. The summed E-state index contributed by atoms with van der Waals surface area (Å²) in [6, 6.07) is 14.6. The number of methoxy groups -OCH3 is 1. The van der Waals surface area contributed by atoms with Crippen LogP contribution in [0.1, 0.15) is 24.0 Å². The minimum Gasteiger partial charge on any atom is -0.481 e. The van der Waals surface area contributed by atoms with Gasteiger partial charge in [-0.1, -0.05) is 30.3 Å². The molecule has 0 unspecified atom stereocenters. The Kier molecular flexibility index (Phi) is 6.91. The van der Waals surface area contributed by atoms with Crippen LogP contribution in [0.2, 0.25) is 0 Å². The molecular formula is C24H25N3O5. The Morgan fingerprint density at radius 2 is 1.97 bits per heavy atom. The fourth-order valence-corrected chi connectivity index (χ4v) is 3.67. The average molecular weight is 435 g/mol. The van der Waals surface area contributed by atoms with Crippen molar-refractivity contribution in [2.24, 2.45) is 0 Å². The molecule has 32 heavy (non-hydrogen) atoms. The van der Waals surface area contributed by atoms with Crippen LogP contribution in [0.25, 0.3) is 11.0 Å². The highest BCUT2D eigenvalue weighted by molar-refractivity contribution is 5.89. The number of hydrogen-bond donors (Lipinski definition) is 1. The number of nitrogens with zero attached hydrogens (tertiary/aromatic N) is 2. The van der Waals surface area contributed by atoms with Crippen LogP contribution >= 0.6 is 0 Å². The lowest BCUT2D eigenvalue weighted by Crippen LogP contribution is -2.45. The van der Waals surface area contributed by atoms with Crippen molar-refractivity contribution in [2.75, 3.05) is 13.7 Å². The van der Waals surface area contributed by atoms with E-state index in [0.717, 1.165) is 11.1 Å². The van der Waals surface area contributed by atoms with E-state index < -0.39 is 12.2 Å². The summed E-state index contributed by atoms with van der Waals surface area (Å²) in [4.78, 5) is 33.6. The molecule has 1 aliphatic heterocycles. The molecule has 0 saturated carbocycles. The van der Waals surface area contributed by atoms with Gasteiger partial charge in [-0.3, -0.25) is 9.78 Å². The second-order valence-electron chi connectivity index (χ2n) is 7.64. The zero-order valence-electron chi connectivity index (χ0n) is 17.8. The normalized spacial score (nSPS) is 18.2. The van der Waals surface area contributed by atoms with Crippen molar-refractivity contribution >= 4 is 22.9 Å². The summed E-state index contributed by atoms with van der Waals surface area (Å²) in [6.07, 6.45) is 2.03. The Morgan fingerprint density at radius 3 is 2.72 bits per heavy atom. The van der Waals surface area contributed by atoms with Gasteiger partial charge in [0.25, 0.3) is 0 Å². The Bertz CT molecular complexity index is 1080. The smallest absolute Gasteiger partial charge is 0.407 e. The van der Waals surface area contributed by atoms with Crippen LogP contribution in [0.15, 0.2) is 54.7 Å². The molecule has 1 amide bonds. The van der Waals surface area contributed by atoms with E-state index in [4.69, 9.17) is 14.2 Å². The van der Waals surface area contributed by atoms with E-state index >= 15 is 0 Å². The summed E-state index contributed by atoms with van der Waals surface area (Å²) in [6.45, 7) is 0.472. The Labute approximate surface area is 185 Å². The van der Waals surface area contributed by atoms with Crippen LogP contribution in [-0.4, -0.2) is 47.7 Å². The lowest BCUT2D eigenvalue weighted by molar-refractivity contribution is -0.133. The van der Waals surface area contributed by atoms with E-state index in [1.165, 1.54) is 0 Å². The van der Waals surface area contributed by atoms with Gasteiger partial charge in [-0.05, 0) is 36.1 Å². The maximum absolute atomic E-state index is 12.8. The second kappa shape index (κ2) is 10.2. The number of rotatable bonds is 7. The molecule has 1 saturated heterocycles. The highest BCUT2D eigenvalue weighted by atomic mass is 16.5. The van der Waals surface area contributed by atoms with Crippen LogP contribution in [0, 0.1) is 0 Å². The molecule has 0 bridgehead atoms. The SMILES string of the molecule is COc1ccc2nccc(CC(=O)[C@@H]3CC[C@@H](NC(=O)OCc4ccccc4)CO3)c2n1. The maximum Gasteiger partial charge on any atom is 0.407 e. The maximum atomic E-state index is 12.8. The van der Waals surface area contributed by atoms with Crippen molar-refractivity contribution in [3.8, 4) is 5.88 Å². The van der Waals surface area contributed by atoms with Gasteiger partial charge >= 0.3 is 6.09 Å². The van der Waals surface area contributed by atoms with Crippen molar-refractivity contribution in [3.63, 3.8) is 0 Å². The zero-order valence-corrected chi connectivity index (χ0v) is 17.8. The third kappa shape index (κ3) is 5.39. The number of fused-ring (bicyclic) bond motifs is 1. The number of ether oxygens (including phenoxy) is 3. The number of amides is 1. The predicted molar refractivity (Wildman–Crippen MR) is 117 cm³/mol. The summed E-state index contributed by atoms with van der Waals surface area (Å²) in [5.74, 6) is 0.452. The van der Waals surface area contributed by atoms with Gasteiger partial charge < -0.3 is 19.5 Å². The zero-order chi connectivity index (χ0) is 22.3. The number of carbonyl (C=O) groups excluding carboxylic acids is 2. The molecule has 0 radical (unpaired) electrons. The topological polar surface area (TPSA) is 99.6 Å². The quantitative estimate of drug-likeness (QED) is 0.608. The molecule has 166 valence electrons. The van der Waals surface area contributed by atoms with Gasteiger partial charge in [0.05, 0.1) is 30.8 Å². The third-order valence-electron chi connectivity index (χ3n) is 5.39. The lowest BCUT2D eigenvalue weighted by atomic mass is 9.97. The van der Waals surface area contributed by atoms with E-state index in [0.29, 0.717) is 29.8 Å². The highest BCUT2D eigenvalue weighted by Crippen LogP contribution is 2.21. The van der Waals surface area contributed by atoms with Crippen molar-refractivity contribution in [1.29, 1.82) is 0 Å². The first-order chi connectivity index (χ1) is 15.6. The molecule has 1 fully saturated rings. The first-order valence-corrected chi connectivity index (χ1v) is 10.5. The van der Waals surface area contributed by atoms with Crippen molar-refractivity contribution in [1.82, 2.24) is 15.3 Å². The van der Waals surface area contributed by atoms with Crippen LogP contribution < -0.4 is 10.1 Å². The number of carbonyl (C=O) groups is 2. The molecule has 8 heteroatoms. The summed E-state index contributed by atoms with van der Waals surface area (Å²) in [7, 11) is 1.55. The van der Waals surface area contributed by atoms with Crippen LogP contribution in [0.3, 0.4) is 0 Å². The molecular weight excluding hydrogens is 410 g/mol. The molecule has 0 spiro atoms. The molecule has 8 nitrogen and oxygen atoms in total. The lowest BCUT2D eigenvalue weighted by Gasteiger charge is -2.28. The van der Waals surface area contributed by atoms with Crippen LogP contribution in [0.4, 0.5) is 4.79 Å². The Hall–Kier alpha value is -3.52. The fraction of sp³-hybridized carbons (Fsp3) is 0.333. The van der Waals surface area contributed by atoms with E-state index in [1.807, 2.05) is 36.4 Å². The van der Waals surface area contributed by atoms with E-state index in [2.05, 4.69) is 15.3 Å². The van der Waals surface area contributed by atoms with Crippen molar-refractivity contribution in [3.05, 3.63) is 65.9 Å². The number of benzene rings is 1. The summed E-state index contributed by atoms with van der Waals surface area (Å²) >= 11 is 0. The standard InChI is InChI=1S/C24H25N3O5/c1-30-22-10-8-19-23(27-22)17(11-12-25-19)13-20(28)21-9-7-18(15-31-21)26-24(29)32-14-16-5-3-2-4-6-16/h2-6,8,10-12,18,21H,7,9,13-15H2,1H3,(H,26,29)/t18-,21+/m1/s1. The molecule has 1 aliphatic rings. The second-order valence-corrected chi connectivity index (χ2v) is 7.64.